The van der Waals surface area contributed by atoms with E-state index in [2.05, 4.69) is 17.4 Å². The maximum absolute atomic E-state index is 12.8. The Morgan fingerprint density at radius 2 is 1.79 bits per heavy atom. The summed E-state index contributed by atoms with van der Waals surface area (Å²) in [6.45, 7) is 1.67. The number of benzene rings is 1. The van der Waals surface area contributed by atoms with Crippen LogP contribution in [0.4, 0.5) is 0 Å². The lowest BCUT2D eigenvalue weighted by molar-refractivity contribution is 0.0919. The van der Waals surface area contributed by atoms with Gasteiger partial charge in [-0.15, -0.1) is 0 Å². The van der Waals surface area contributed by atoms with Gasteiger partial charge in [0.1, 0.15) is 10.6 Å². The monoisotopic (exact) mass is 401 g/mol. The molecule has 0 spiro atoms. The molecule has 1 aliphatic heterocycles. The molecule has 1 amide bonds. The van der Waals surface area contributed by atoms with Crippen LogP contribution in [0.1, 0.15) is 48.2 Å². The molecule has 6 nitrogen and oxygen atoms in total. The van der Waals surface area contributed by atoms with Crippen molar-refractivity contribution in [2.75, 3.05) is 19.6 Å². The summed E-state index contributed by atoms with van der Waals surface area (Å²) in [4.78, 5) is 13.0. The molecule has 7 heteroatoms. The van der Waals surface area contributed by atoms with Gasteiger partial charge in [-0.1, -0.05) is 36.8 Å². The number of carbonyl (C=O) groups is 1. The fourth-order valence-electron chi connectivity index (χ4n) is 4.28. The summed E-state index contributed by atoms with van der Waals surface area (Å²) in [6, 6.07) is 11.8. The number of rotatable bonds is 6. The standard InChI is InChI=1S/C21H27N3O3S/c1-23-15-18(28(26,27)24-12-5-6-13-24)14-19(23)20(25)22-16-21(10-7-11-21)17-8-3-2-4-9-17/h2-4,8-9,14-15H,5-7,10-13,16H2,1H3,(H,22,25). The first-order valence-electron chi connectivity index (χ1n) is 9.93. The number of carbonyl (C=O) groups excluding carboxylic acids is 1. The normalized spacial score (nSPS) is 19.3. The third-order valence-corrected chi connectivity index (χ3v) is 8.06. The molecule has 1 saturated carbocycles. The lowest BCUT2D eigenvalue weighted by atomic mass is 9.64. The molecule has 1 aliphatic carbocycles. The van der Waals surface area contributed by atoms with Gasteiger partial charge in [-0.05, 0) is 37.3 Å². The first kappa shape index (κ1) is 19.2. The molecule has 2 fully saturated rings. The van der Waals surface area contributed by atoms with Crippen molar-refractivity contribution < 1.29 is 13.2 Å². The SMILES string of the molecule is Cn1cc(S(=O)(=O)N2CCCC2)cc1C(=O)NCC1(c2ccccc2)CCC1. The van der Waals surface area contributed by atoms with Crippen LogP contribution in [0.25, 0.3) is 0 Å². The molecule has 1 saturated heterocycles. The van der Waals surface area contributed by atoms with Crippen LogP contribution in [0.5, 0.6) is 0 Å². The quantitative estimate of drug-likeness (QED) is 0.809. The summed E-state index contributed by atoms with van der Waals surface area (Å²) < 4.78 is 28.6. The number of aryl methyl sites for hydroxylation is 1. The second kappa shape index (κ2) is 7.37. The van der Waals surface area contributed by atoms with Crippen molar-refractivity contribution in [2.24, 2.45) is 7.05 Å². The third-order valence-electron chi connectivity index (χ3n) is 6.20. The lowest BCUT2D eigenvalue weighted by Crippen LogP contribution is -2.45. The molecule has 0 atom stereocenters. The van der Waals surface area contributed by atoms with E-state index >= 15 is 0 Å². The summed E-state index contributed by atoms with van der Waals surface area (Å²) in [5.74, 6) is -0.229. The highest BCUT2D eigenvalue weighted by atomic mass is 32.2. The minimum Gasteiger partial charge on any atom is -0.350 e. The summed E-state index contributed by atoms with van der Waals surface area (Å²) in [5, 5.41) is 3.05. The van der Waals surface area contributed by atoms with Gasteiger partial charge in [-0.3, -0.25) is 4.79 Å². The minimum absolute atomic E-state index is 0.00740. The highest BCUT2D eigenvalue weighted by Crippen LogP contribution is 2.43. The Morgan fingerprint density at radius 1 is 1.11 bits per heavy atom. The van der Waals surface area contributed by atoms with Gasteiger partial charge in [-0.25, -0.2) is 8.42 Å². The Morgan fingerprint density at radius 3 is 2.39 bits per heavy atom. The molecule has 4 rings (SSSR count). The Bertz CT molecular complexity index is 956. The predicted molar refractivity (Wildman–Crippen MR) is 108 cm³/mol. The molecular formula is C21H27N3O3S. The average molecular weight is 402 g/mol. The highest BCUT2D eigenvalue weighted by molar-refractivity contribution is 7.89. The van der Waals surface area contributed by atoms with Crippen LogP contribution < -0.4 is 5.32 Å². The predicted octanol–water partition coefficient (Wildman–Crippen LogP) is 2.66. The molecular weight excluding hydrogens is 374 g/mol. The highest BCUT2D eigenvalue weighted by Gasteiger charge is 2.39. The van der Waals surface area contributed by atoms with E-state index in [-0.39, 0.29) is 16.2 Å². The van der Waals surface area contributed by atoms with Gasteiger partial charge in [0.2, 0.25) is 10.0 Å². The number of aromatic nitrogens is 1. The smallest absolute Gasteiger partial charge is 0.267 e. The van der Waals surface area contributed by atoms with E-state index in [1.54, 1.807) is 17.8 Å². The first-order valence-corrected chi connectivity index (χ1v) is 11.4. The van der Waals surface area contributed by atoms with Crippen LogP contribution in [-0.4, -0.2) is 42.8 Å². The van der Waals surface area contributed by atoms with Gasteiger partial charge >= 0.3 is 0 Å². The van der Waals surface area contributed by atoms with Crippen molar-refractivity contribution in [3.8, 4) is 0 Å². The summed E-state index contributed by atoms with van der Waals surface area (Å²) in [6.07, 6.45) is 6.59. The van der Waals surface area contributed by atoms with Crippen molar-refractivity contribution in [3.05, 3.63) is 53.9 Å². The van der Waals surface area contributed by atoms with Gasteiger partial charge in [0.15, 0.2) is 0 Å². The molecule has 1 aromatic carbocycles. The molecule has 0 unspecified atom stereocenters. The van der Waals surface area contributed by atoms with Crippen molar-refractivity contribution in [3.63, 3.8) is 0 Å². The lowest BCUT2D eigenvalue weighted by Gasteiger charge is -2.42. The summed E-state index contributed by atoms with van der Waals surface area (Å²) in [7, 11) is -1.80. The molecule has 2 heterocycles. The van der Waals surface area contributed by atoms with E-state index < -0.39 is 10.0 Å². The maximum atomic E-state index is 12.8. The van der Waals surface area contributed by atoms with Crippen molar-refractivity contribution in [2.45, 2.75) is 42.4 Å². The Hall–Kier alpha value is -2.12. The minimum atomic E-state index is -3.52. The van der Waals surface area contributed by atoms with E-state index in [9.17, 15) is 13.2 Å². The van der Waals surface area contributed by atoms with E-state index in [4.69, 9.17) is 0 Å². The molecule has 28 heavy (non-hydrogen) atoms. The number of hydrogen-bond donors (Lipinski definition) is 1. The van der Waals surface area contributed by atoms with Gasteiger partial charge in [0, 0.05) is 38.3 Å². The zero-order chi connectivity index (χ0) is 19.8. The second-order valence-electron chi connectivity index (χ2n) is 7.97. The fourth-order valence-corrected chi connectivity index (χ4v) is 5.87. The Kier molecular flexibility index (Phi) is 5.05. The second-order valence-corrected chi connectivity index (χ2v) is 9.90. The van der Waals surface area contributed by atoms with Crippen LogP contribution in [-0.2, 0) is 22.5 Å². The number of sulfonamides is 1. The zero-order valence-electron chi connectivity index (χ0n) is 16.2. The Balaban J connectivity index is 1.49. The molecule has 2 aliphatic rings. The van der Waals surface area contributed by atoms with Gasteiger partial charge in [0.25, 0.3) is 5.91 Å². The molecule has 1 N–H and O–H groups in total. The van der Waals surface area contributed by atoms with Crippen molar-refractivity contribution in [1.82, 2.24) is 14.2 Å². The largest absolute Gasteiger partial charge is 0.350 e. The van der Waals surface area contributed by atoms with Crippen molar-refractivity contribution >= 4 is 15.9 Å². The Labute approximate surface area is 166 Å². The molecule has 0 bridgehead atoms. The number of nitrogens with zero attached hydrogens (tertiary/aromatic N) is 2. The fraction of sp³-hybridized carbons (Fsp3) is 0.476. The molecule has 150 valence electrons. The molecule has 2 aromatic rings. The van der Waals surface area contributed by atoms with Gasteiger partial charge < -0.3 is 9.88 Å². The topological polar surface area (TPSA) is 71.4 Å². The van der Waals surface area contributed by atoms with E-state index in [0.717, 1.165) is 32.1 Å². The number of hydrogen-bond acceptors (Lipinski definition) is 3. The zero-order valence-corrected chi connectivity index (χ0v) is 17.0. The molecule has 1 aromatic heterocycles. The van der Waals surface area contributed by atoms with Gasteiger partial charge in [-0.2, -0.15) is 4.31 Å². The van der Waals surface area contributed by atoms with Crippen LogP contribution in [0.2, 0.25) is 0 Å². The maximum Gasteiger partial charge on any atom is 0.267 e. The van der Waals surface area contributed by atoms with Crippen LogP contribution in [0.3, 0.4) is 0 Å². The first-order chi connectivity index (χ1) is 13.4. The van der Waals surface area contributed by atoms with Crippen LogP contribution >= 0.6 is 0 Å². The van der Waals surface area contributed by atoms with Crippen molar-refractivity contribution in [1.29, 1.82) is 0 Å². The van der Waals surface area contributed by atoms with E-state index in [0.29, 0.717) is 25.3 Å². The summed E-state index contributed by atoms with van der Waals surface area (Å²) in [5.41, 5.74) is 1.62. The van der Waals surface area contributed by atoms with Crippen LogP contribution in [0.15, 0.2) is 47.5 Å². The summed E-state index contributed by atoms with van der Waals surface area (Å²) >= 11 is 0. The van der Waals surface area contributed by atoms with E-state index in [1.165, 1.54) is 15.9 Å². The number of amides is 1. The molecule has 0 radical (unpaired) electrons. The third kappa shape index (κ3) is 3.37. The van der Waals surface area contributed by atoms with Gasteiger partial charge in [0.05, 0.1) is 0 Å². The van der Waals surface area contributed by atoms with E-state index in [1.807, 2.05) is 18.2 Å². The number of nitrogens with one attached hydrogen (secondary N) is 1. The average Bonchev–Trinajstić information content (AvgIpc) is 3.32. The van der Waals surface area contributed by atoms with Crippen LogP contribution in [0, 0.1) is 0 Å².